The zero-order valence-corrected chi connectivity index (χ0v) is 10.0. The van der Waals surface area contributed by atoms with Crippen molar-refractivity contribution in [1.82, 2.24) is 0 Å². The van der Waals surface area contributed by atoms with E-state index in [2.05, 4.69) is 0 Å². The van der Waals surface area contributed by atoms with Crippen LogP contribution in [-0.4, -0.2) is 5.78 Å². The lowest BCUT2D eigenvalue weighted by atomic mass is 9.62. The first-order valence-corrected chi connectivity index (χ1v) is 5.78. The van der Waals surface area contributed by atoms with Crippen molar-refractivity contribution in [1.29, 1.82) is 0 Å². The molecule has 1 fully saturated rings. The van der Waals surface area contributed by atoms with E-state index in [0.717, 1.165) is 24.8 Å². The van der Waals surface area contributed by atoms with Crippen molar-refractivity contribution in [2.24, 2.45) is 0 Å². The highest BCUT2D eigenvalue weighted by atomic mass is 35.5. The molecule has 0 aromatic heterocycles. The van der Waals surface area contributed by atoms with E-state index in [9.17, 15) is 4.79 Å². The van der Waals surface area contributed by atoms with E-state index in [4.69, 9.17) is 23.2 Å². The molecule has 80 valence electrons. The second-order valence-corrected chi connectivity index (χ2v) is 4.94. The first-order chi connectivity index (χ1) is 7.06. The van der Waals surface area contributed by atoms with Gasteiger partial charge >= 0.3 is 0 Å². The van der Waals surface area contributed by atoms with Crippen molar-refractivity contribution in [3.05, 3.63) is 33.8 Å². The first-order valence-electron chi connectivity index (χ1n) is 5.03. The highest BCUT2D eigenvalue weighted by Crippen LogP contribution is 2.45. The third kappa shape index (κ3) is 1.68. The van der Waals surface area contributed by atoms with Crippen LogP contribution in [0.4, 0.5) is 0 Å². The second kappa shape index (κ2) is 3.80. The SMILES string of the molecule is CC(=O)C1(c2ccc(Cl)c(Cl)c2)CCC1. The molecule has 0 radical (unpaired) electrons. The van der Waals surface area contributed by atoms with E-state index in [0.29, 0.717) is 10.0 Å². The molecule has 0 atom stereocenters. The smallest absolute Gasteiger partial charge is 0.140 e. The summed E-state index contributed by atoms with van der Waals surface area (Å²) in [5, 5.41) is 1.07. The van der Waals surface area contributed by atoms with Crippen molar-refractivity contribution < 1.29 is 4.79 Å². The molecule has 3 heteroatoms. The molecule has 0 aliphatic heterocycles. The maximum absolute atomic E-state index is 11.7. The van der Waals surface area contributed by atoms with Crippen LogP contribution in [0.3, 0.4) is 0 Å². The summed E-state index contributed by atoms with van der Waals surface area (Å²) in [5.41, 5.74) is 0.726. The molecule has 0 saturated heterocycles. The Bertz CT molecular complexity index is 408. The number of rotatable bonds is 2. The van der Waals surface area contributed by atoms with Gasteiger partial charge in [0.2, 0.25) is 0 Å². The number of Topliss-reactive ketones (excluding diaryl/α,β-unsaturated/α-hetero) is 1. The number of hydrogen-bond donors (Lipinski definition) is 0. The van der Waals surface area contributed by atoms with Gasteiger partial charge in [-0.2, -0.15) is 0 Å². The predicted octanol–water partition coefficient (Wildman–Crippen LogP) is 4.00. The van der Waals surface area contributed by atoms with Crippen molar-refractivity contribution in [2.45, 2.75) is 31.6 Å². The Hall–Kier alpha value is -0.530. The predicted molar refractivity (Wildman–Crippen MR) is 62.7 cm³/mol. The molecule has 0 N–H and O–H groups in total. The number of ketones is 1. The highest BCUT2D eigenvalue weighted by Gasteiger charge is 2.43. The van der Waals surface area contributed by atoms with Gasteiger partial charge in [0.05, 0.1) is 15.5 Å². The molecule has 1 aromatic carbocycles. The summed E-state index contributed by atoms with van der Waals surface area (Å²) in [6.45, 7) is 1.65. The zero-order chi connectivity index (χ0) is 11.1. The third-order valence-corrected chi connectivity index (χ3v) is 4.09. The summed E-state index contributed by atoms with van der Waals surface area (Å²) in [5.74, 6) is 0.229. The number of carbonyl (C=O) groups excluding carboxylic acids is 1. The van der Waals surface area contributed by atoms with Crippen LogP contribution >= 0.6 is 23.2 Å². The average molecular weight is 243 g/mol. The van der Waals surface area contributed by atoms with Crippen LogP contribution in [0.15, 0.2) is 18.2 Å². The number of benzene rings is 1. The summed E-state index contributed by atoms with van der Waals surface area (Å²) >= 11 is 11.8. The van der Waals surface area contributed by atoms with Gasteiger partial charge in [-0.3, -0.25) is 4.79 Å². The van der Waals surface area contributed by atoms with E-state index >= 15 is 0 Å². The van der Waals surface area contributed by atoms with Gasteiger partial charge in [-0.25, -0.2) is 0 Å². The van der Waals surface area contributed by atoms with Gasteiger partial charge < -0.3 is 0 Å². The van der Waals surface area contributed by atoms with Gasteiger partial charge in [-0.15, -0.1) is 0 Å². The highest BCUT2D eigenvalue weighted by molar-refractivity contribution is 6.42. The molecule has 1 nitrogen and oxygen atoms in total. The Kier molecular flexibility index (Phi) is 2.78. The fourth-order valence-electron chi connectivity index (χ4n) is 2.17. The van der Waals surface area contributed by atoms with Crippen LogP contribution in [0.2, 0.25) is 10.0 Å². The molecule has 0 bridgehead atoms. The summed E-state index contributed by atoms with van der Waals surface area (Å²) in [6, 6.07) is 5.50. The third-order valence-electron chi connectivity index (χ3n) is 3.35. The molecular weight excluding hydrogens is 231 g/mol. The van der Waals surface area contributed by atoms with Gasteiger partial charge in [-0.05, 0) is 37.5 Å². The monoisotopic (exact) mass is 242 g/mol. The molecular formula is C12H12Cl2O. The van der Waals surface area contributed by atoms with Crippen molar-refractivity contribution in [3.63, 3.8) is 0 Å². The fraction of sp³-hybridized carbons (Fsp3) is 0.417. The zero-order valence-electron chi connectivity index (χ0n) is 8.52. The summed E-state index contributed by atoms with van der Waals surface area (Å²) in [6.07, 6.45) is 2.97. The lowest BCUT2D eigenvalue weighted by Gasteiger charge is -2.40. The van der Waals surface area contributed by atoms with E-state index in [1.807, 2.05) is 12.1 Å². The van der Waals surface area contributed by atoms with E-state index in [1.165, 1.54) is 0 Å². The lowest BCUT2D eigenvalue weighted by molar-refractivity contribution is -0.125. The van der Waals surface area contributed by atoms with Gasteiger partial charge in [0.25, 0.3) is 0 Å². The number of halogens is 2. The quantitative estimate of drug-likeness (QED) is 0.767. The topological polar surface area (TPSA) is 17.1 Å². The van der Waals surface area contributed by atoms with Gasteiger partial charge in [0.15, 0.2) is 0 Å². The Balaban J connectivity index is 2.44. The summed E-state index contributed by atoms with van der Waals surface area (Å²) in [7, 11) is 0. The van der Waals surface area contributed by atoms with Crippen molar-refractivity contribution in [2.75, 3.05) is 0 Å². The average Bonchev–Trinajstić information content (AvgIpc) is 2.08. The van der Waals surface area contributed by atoms with Crippen LogP contribution in [0, 0.1) is 0 Å². The standard InChI is InChI=1S/C12H12Cl2O/c1-8(15)12(5-2-6-12)9-3-4-10(13)11(14)7-9/h3-4,7H,2,5-6H2,1H3. The van der Waals surface area contributed by atoms with Crippen molar-refractivity contribution in [3.8, 4) is 0 Å². The Morgan fingerprint density at radius 3 is 2.33 bits per heavy atom. The van der Waals surface area contributed by atoms with Gasteiger partial charge in [0, 0.05) is 0 Å². The Labute approximate surface area is 99.4 Å². The van der Waals surface area contributed by atoms with Crippen LogP contribution < -0.4 is 0 Å². The minimum absolute atomic E-state index is 0.229. The van der Waals surface area contributed by atoms with Gasteiger partial charge in [0.1, 0.15) is 5.78 Å². The number of hydrogen-bond acceptors (Lipinski definition) is 1. The normalized spacial score (nSPS) is 18.3. The van der Waals surface area contributed by atoms with E-state index < -0.39 is 0 Å². The first kappa shape index (κ1) is 11.0. The van der Waals surface area contributed by atoms with Gasteiger partial charge in [-0.1, -0.05) is 35.7 Å². The number of carbonyl (C=O) groups is 1. The molecule has 2 rings (SSSR count). The molecule has 0 spiro atoms. The molecule has 0 amide bonds. The minimum Gasteiger partial charge on any atom is -0.299 e. The summed E-state index contributed by atoms with van der Waals surface area (Å²) < 4.78 is 0. The van der Waals surface area contributed by atoms with Crippen molar-refractivity contribution >= 4 is 29.0 Å². The van der Waals surface area contributed by atoms with E-state index in [-0.39, 0.29) is 11.2 Å². The summed E-state index contributed by atoms with van der Waals surface area (Å²) in [4.78, 5) is 11.7. The maximum atomic E-state index is 11.7. The molecule has 1 aliphatic rings. The molecule has 1 aromatic rings. The maximum Gasteiger partial charge on any atom is 0.140 e. The Morgan fingerprint density at radius 2 is 1.93 bits per heavy atom. The molecule has 1 saturated carbocycles. The molecule has 1 aliphatic carbocycles. The fourth-order valence-corrected chi connectivity index (χ4v) is 2.47. The van der Waals surface area contributed by atoms with Crippen LogP contribution in [-0.2, 0) is 10.2 Å². The molecule has 0 heterocycles. The second-order valence-electron chi connectivity index (χ2n) is 4.12. The van der Waals surface area contributed by atoms with Crippen LogP contribution in [0.5, 0.6) is 0 Å². The lowest BCUT2D eigenvalue weighted by Crippen LogP contribution is -2.40. The Morgan fingerprint density at radius 1 is 1.27 bits per heavy atom. The van der Waals surface area contributed by atoms with Crippen LogP contribution in [0.1, 0.15) is 31.7 Å². The largest absolute Gasteiger partial charge is 0.299 e. The molecule has 15 heavy (non-hydrogen) atoms. The van der Waals surface area contributed by atoms with Crippen LogP contribution in [0.25, 0.3) is 0 Å². The molecule has 0 unspecified atom stereocenters. The minimum atomic E-state index is -0.284. The van der Waals surface area contributed by atoms with E-state index in [1.54, 1.807) is 13.0 Å².